The van der Waals surface area contributed by atoms with Crippen molar-refractivity contribution in [2.24, 2.45) is 23.2 Å². The minimum atomic E-state index is -0.697. The average molecular weight is 246 g/mol. The Balaban J connectivity index is 1.55. The van der Waals surface area contributed by atoms with E-state index in [1.54, 1.807) is 0 Å². The molecular weight excluding hydrogens is 224 g/mol. The van der Waals surface area contributed by atoms with E-state index < -0.39 is 5.41 Å². The van der Waals surface area contributed by atoms with Crippen LogP contribution in [0.25, 0.3) is 0 Å². The zero-order chi connectivity index (χ0) is 12.6. The molecule has 0 radical (unpaired) electrons. The second-order valence-electron chi connectivity index (χ2n) is 6.45. The first-order valence-corrected chi connectivity index (χ1v) is 7.45. The number of nitriles is 1. The van der Waals surface area contributed by atoms with Crippen LogP contribution in [0.1, 0.15) is 51.4 Å². The van der Waals surface area contributed by atoms with Gasteiger partial charge in [0, 0.05) is 6.54 Å². The van der Waals surface area contributed by atoms with Crippen molar-refractivity contribution in [2.75, 3.05) is 6.54 Å². The molecule has 1 N–H and O–H groups in total. The zero-order valence-corrected chi connectivity index (χ0v) is 11.0. The van der Waals surface area contributed by atoms with Crippen LogP contribution in [0.5, 0.6) is 0 Å². The van der Waals surface area contributed by atoms with Crippen molar-refractivity contribution in [2.45, 2.75) is 51.4 Å². The summed E-state index contributed by atoms with van der Waals surface area (Å²) < 4.78 is 0. The Morgan fingerprint density at radius 1 is 1.22 bits per heavy atom. The molecule has 1 amide bonds. The van der Waals surface area contributed by atoms with Crippen LogP contribution in [-0.4, -0.2) is 12.5 Å². The van der Waals surface area contributed by atoms with Gasteiger partial charge in [-0.05, 0) is 56.3 Å². The highest BCUT2D eigenvalue weighted by molar-refractivity contribution is 5.85. The summed E-state index contributed by atoms with van der Waals surface area (Å²) in [6.07, 6.45) is 8.95. The van der Waals surface area contributed by atoms with Gasteiger partial charge in [-0.15, -0.1) is 0 Å². The smallest absolute Gasteiger partial charge is 0.240 e. The van der Waals surface area contributed by atoms with Gasteiger partial charge < -0.3 is 5.32 Å². The Hall–Kier alpha value is -1.04. The van der Waals surface area contributed by atoms with Crippen LogP contribution in [0.15, 0.2) is 0 Å². The second kappa shape index (κ2) is 4.57. The molecule has 3 saturated carbocycles. The third kappa shape index (κ3) is 2.25. The van der Waals surface area contributed by atoms with E-state index >= 15 is 0 Å². The molecule has 0 heterocycles. The molecule has 0 aromatic carbocycles. The number of carbonyl (C=O) groups is 1. The van der Waals surface area contributed by atoms with Crippen molar-refractivity contribution in [1.82, 2.24) is 5.32 Å². The summed E-state index contributed by atoms with van der Waals surface area (Å²) in [5.74, 6) is 2.43. The summed E-state index contributed by atoms with van der Waals surface area (Å²) in [5.41, 5.74) is -0.697. The van der Waals surface area contributed by atoms with Gasteiger partial charge in [-0.2, -0.15) is 5.26 Å². The van der Waals surface area contributed by atoms with Gasteiger partial charge in [0.1, 0.15) is 5.41 Å². The van der Waals surface area contributed by atoms with Gasteiger partial charge in [0.25, 0.3) is 0 Å². The number of hydrogen-bond acceptors (Lipinski definition) is 2. The Bertz CT molecular complexity index is 358. The van der Waals surface area contributed by atoms with Gasteiger partial charge in [0.05, 0.1) is 6.07 Å². The van der Waals surface area contributed by atoms with E-state index in [1.807, 2.05) is 0 Å². The van der Waals surface area contributed by atoms with E-state index in [1.165, 1.54) is 25.7 Å². The van der Waals surface area contributed by atoms with Crippen LogP contribution >= 0.6 is 0 Å². The molecule has 18 heavy (non-hydrogen) atoms. The van der Waals surface area contributed by atoms with Crippen molar-refractivity contribution in [1.29, 1.82) is 5.26 Å². The lowest BCUT2D eigenvalue weighted by molar-refractivity contribution is -0.128. The fourth-order valence-electron chi connectivity index (χ4n) is 3.51. The average Bonchev–Trinajstić information content (AvgIpc) is 3.30. The minimum Gasteiger partial charge on any atom is -0.354 e. The number of nitrogens with one attached hydrogen (secondary N) is 1. The van der Waals surface area contributed by atoms with Crippen molar-refractivity contribution < 1.29 is 4.79 Å². The zero-order valence-electron chi connectivity index (χ0n) is 11.0. The number of rotatable bonds is 5. The van der Waals surface area contributed by atoms with Crippen molar-refractivity contribution in [3.05, 3.63) is 0 Å². The van der Waals surface area contributed by atoms with Gasteiger partial charge in [0.15, 0.2) is 0 Å². The molecule has 3 nitrogen and oxygen atoms in total. The largest absolute Gasteiger partial charge is 0.354 e. The number of amides is 1. The highest BCUT2D eigenvalue weighted by atomic mass is 16.2. The Morgan fingerprint density at radius 2 is 1.78 bits per heavy atom. The van der Waals surface area contributed by atoms with Crippen molar-refractivity contribution >= 4 is 5.91 Å². The Labute approximate surface area is 109 Å². The molecule has 3 aliphatic carbocycles. The third-order valence-electron chi connectivity index (χ3n) is 5.06. The lowest BCUT2D eigenvalue weighted by Crippen LogP contribution is -2.41. The lowest BCUT2D eigenvalue weighted by Gasteiger charge is -2.22. The molecule has 0 spiro atoms. The molecule has 3 fully saturated rings. The molecule has 98 valence electrons. The van der Waals surface area contributed by atoms with E-state index in [0.717, 1.165) is 44.1 Å². The summed E-state index contributed by atoms with van der Waals surface area (Å²) in [4.78, 5) is 12.3. The second-order valence-corrected chi connectivity index (χ2v) is 6.45. The first-order chi connectivity index (χ1) is 8.75. The van der Waals surface area contributed by atoms with Crippen molar-refractivity contribution in [3.8, 4) is 6.07 Å². The molecule has 0 bridgehead atoms. The molecule has 0 aromatic heterocycles. The van der Waals surface area contributed by atoms with E-state index in [2.05, 4.69) is 11.4 Å². The number of hydrogen-bond donors (Lipinski definition) is 1. The molecule has 0 atom stereocenters. The maximum atomic E-state index is 12.3. The van der Waals surface area contributed by atoms with Gasteiger partial charge in [0.2, 0.25) is 5.91 Å². The lowest BCUT2D eigenvalue weighted by atomic mass is 9.86. The van der Waals surface area contributed by atoms with Crippen LogP contribution in [0.4, 0.5) is 0 Å². The van der Waals surface area contributed by atoms with Crippen molar-refractivity contribution in [3.63, 3.8) is 0 Å². The normalized spacial score (nSPS) is 26.0. The van der Waals surface area contributed by atoms with Gasteiger partial charge >= 0.3 is 0 Å². The third-order valence-corrected chi connectivity index (χ3v) is 5.06. The standard InChI is InChI=1S/C15H22N2O/c16-10-15(7-1-2-8-15)14(18)17-9-13(11-3-4-11)12-5-6-12/h11-13H,1-9H2,(H,17,18). The van der Waals surface area contributed by atoms with E-state index in [0.29, 0.717) is 5.92 Å². The Morgan fingerprint density at radius 3 is 2.22 bits per heavy atom. The maximum absolute atomic E-state index is 12.3. The molecular formula is C15H22N2O. The molecule has 3 rings (SSSR count). The van der Waals surface area contributed by atoms with Crippen LogP contribution in [0.3, 0.4) is 0 Å². The molecule has 0 saturated heterocycles. The number of carbonyl (C=O) groups excluding carboxylic acids is 1. The van der Waals surface area contributed by atoms with E-state index in [-0.39, 0.29) is 5.91 Å². The molecule has 0 unspecified atom stereocenters. The maximum Gasteiger partial charge on any atom is 0.240 e. The fourth-order valence-corrected chi connectivity index (χ4v) is 3.51. The van der Waals surface area contributed by atoms with Gasteiger partial charge in [-0.3, -0.25) is 4.79 Å². The summed E-state index contributed by atoms with van der Waals surface area (Å²) in [7, 11) is 0. The predicted molar refractivity (Wildman–Crippen MR) is 68.5 cm³/mol. The number of nitrogens with zero attached hydrogens (tertiary/aromatic N) is 1. The quantitative estimate of drug-likeness (QED) is 0.810. The molecule has 3 heteroatoms. The summed E-state index contributed by atoms with van der Waals surface area (Å²) in [6, 6.07) is 2.28. The fraction of sp³-hybridized carbons (Fsp3) is 0.867. The van der Waals surface area contributed by atoms with Crippen LogP contribution < -0.4 is 5.32 Å². The van der Waals surface area contributed by atoms with Crippen LogP contribution in [0.2, 0.25) is 0 Å². The van der Waals surface area contributed by atoms with Crippen LogP contribution in [-0.2, 0) is 4.79 Å². The summed E-state index contributed by atoms with van der Waals surface area (Å²) >= 11 is 0. The summed E-state index contributed by atoms with van der Waals surface area (Å²) in [6.45, 7) is 0.817. The van der Waals surface area contributed by atoms with Gasteiger partial charge in [-0.1, -0.05) is 12.8 Å². The topological polar surface area (TPSA) is 52.9 Å². The molecule has 0 aliphatic heterocycles. The first-order valence-electron chi connectivity index (χ1n) is 7.45. The van der Waals surface area contributed by atoms with Gasteiger partial charge in [-0.25, -0.2) is 0 Å². The minimum absolute atomic E-state index is 0.00815. The van der Waals surface area contributed by atoms with Crippen LogP contribution in [0, 0.1) is 34.5 Å². The SMILES string of the molecule is N#CC1(C(=O)NCC(C2CC2)C2CC2)CCCC1. The first kappa shape index (κ1) is 12.0. The van der Waals surface area contributed by atoms with E-state index in [9.17, 15) is 10.1 Å². The Kier molecular flexibility index (Phi) is 3.05. The molecule has 3 aliphatic rings. The highest BCUT2D eigenvalue weighted by Crippen LogP contribution is 2.49. The predicted octanol–water partition coefficient (Wildman–Crippen LogP) is 2.62. The molecule has 0 aromatic rings. The summed E-state index contributed by atoms with van der Waals surface area (Å²) in [5, 5.41) is 12.4. The highest BCUT2D eigenvalue weighted by Gasteiger charge is 2.44. The van der Waals surface area contributed by atoms with E-state index in [4.69, 9.17) is 0 Å². The monoisotopic (exact) mass is 246 g/mol.